The predicted molar refractivity (Wildman–Crippen MR) is 96.3 cm³/mol. The van der Waals surface area contributed by atoms with Crippen molar-refractivity contribution in [2.75, 3.05) is 6.26 Å². The molecule has 0 saturated heterocycles. The minimum absolute atomic E-state index is 0.388. The van der Waals surface area contributed by atoms with Gasteiger partial charge >= 0.3 is 0 Å². The van der Waals surface area contributed by atoms with Crippen LogP contribution in [0.5, 0.6) is 0 Å². The number of rotatable bonds is 4. The Morgan fingerprint density at radius 2 is 1.92 bits per heavy atom. The Morgan fingerprint density at radius 3 is 2.48 bits per heavy atom. The van der Waals surface area contributed by atoms with Gasteiger partial charge < -0.3 is 5.11 Å². The molecule has 7 heteroatoms. The second kappa shape index (κ2) is 6.57. The third-order valence-corrected chi connectivity index (χ3v) is 4.60. The molecule has 0 spiro atoms. The minimum Gasteiger partial charge on any atom is -0.386 e. The highest BCUT2D eigenvalue weighted by molar-refractivity contribution is 7.98. The molecule has 0 aliphatic rings. The Labute approximate surface area is 149 Å². The number of aryl methyl sites for hydroxylation is 1. The number of halogens is 1. The van der Waals surface area contributed by atoms with Crippen LogP contribution in [0.25, 0.3) is 16.8 Å². The van der Waals surface area contributed by atoms with Gasteiger partial charge in [-0.3, -0.25) is 0 Å². The molecule has 0 fully saturated rings. The van der Waals surface area contributed by atoms with Crippen LogP contribution in [-0.2, 0) is 5.60 Å². The van der Waals surface area contributed by atoms with Gasteiger partial charge in [0, 0.05) is 23.4 Å². The second-order valence-corrected chi connectivity index (χ2v) is 7.11. The summed E-state index contributed by atoms with van der Waals surface area (Å²) in [5, 5.41) is 19.0. The Bertz CT molecular complexity index is 918. The van der Waals surface area contributed by atoms with Gasteiger partial charge in [-0.25, -0.2) is 14.1 Å². The van der Waals surface area contributed by atoms with E-state index in [0.29, 0.717) is 22.4 Å². The highest BCUT2D eigenvalue weighted by atomic mass is 32.2. The van der Waals surface area contributed by atoms with E-state index in [2.05, 4.69) is 15.3 Å². The number of pyridine rings is 1. The fraction of sp³-hybridized carbons (Fsp3) is 0.278. The lowest BCUT2D eigenvalue weighted by atomic mass is 9.91. The third-order valence-electron chi connectivity index (χ3n) is 3.95. The zero-order valence-electron chi connectivity index (χ0n) is 14.5. The summed E-state index contributed by atoms with van der Waals surface area (Å²) in [6, 6.07) is 6.66. The molecule has 0 aliphatic heterocycles. The van der Waals surface area contributed by atoms with Crippen molar-refractivity contribution < 1.29 is 9.50 Å². The summed E-state index contributed by atoms with van der Waals surface area (Å²) in [5.74, 6) is -0.406. The van der Waals surface area contributed by atoms with Crippen LogP contribution in [0.1, 0.15) is 25.1 Å². The van der Waals surface area contributed by atoms with Crippen molar-refractivity contribution in [2.24, 2.45) is 0 Å². The molecule has 0 aliphatic carbocycles. The average molecular weight is 358 g/mol. The molecule has 3 rings (SSSR count). The molecule has 0 radical (unpaired) electrons. The molecular formula is C18H19FN4OS. The molecule has 2 heterocycles. The van der Waals surface area contributed by atoms with Crippen LogP contribution in [0.15, 0.2) is 41.7 Å². The van der Waals surface area contributed by atoms with Crippen molar-refractivity contribution in [3.8, 4) is 16.8 Å². The quantitative estimate of drug-likeness (QED) is 0.720. The number of aliphatic hydroxyl groups is 1. The van der Waals surface area contributed by atoms with Crippen LogP contribution < -0.4 is 0 Å². The lowest BCUT2D eigenvalue weighted by Crippen LogP contribution is -2.17. The maximum Gasteiger partial charge on any atom is 0.133 e. The smallest absolute Gasteiger partial charge is 0.133 e. The zero-order valence-corrected chi connectivity index (χ0v) is 15.3. The fourth-order valence-corrected chi connectivity index (χ4v) is 3.06. The molecule has 2 aromatic heterocycles. The first-order valence-corrected chi connectivity index (χ1v) is 8.98. The molecular weight excluding hydrogens is 339 g/mol. The van der Waals surface area contributed by atoms with Crippen LogP contribution in [0, 0.1) is 12.7 Å². The van der Waals surface area contributed by atoms with Gasteiger partial charge in [-0.15, -0.1) is 16.9 Å². The van der Waals surface area contributed by atoms with E-state index in [0.717, 1.165) is 10.7 Å². The maximum atomic E-state index is 14.8. The molecule has 0 amide bonds. The van der Waals surface area contributed by atoms with Gasteiger partial charge in [0.25, 0.3) is 0 Å². The normalized spacial score (nSPS) is 11.8. The van der Waals surface area contributed by atoms with E-state index in [1.807, 2.05) is 13.2 Å². The molecule has 0 unspecified atom stereocenters. The molecule has 0 saturated carbocycles. The van der Waals surface area contributed by atoms with E-state index in [-0.39, 0.29) is 0 Å². The number of hydrogen-bond acceptors (Lipinski definition) is 5. The summed E-state index contributed by atoms with van der Waals surface area (Å²) >= 11 is 1.47. The first-order valence-electron chi connectivity index (χ1n) is 7.75. The second-order valence-electron chi connectivity index (χ2n) is 6.28. The van der Waals surface area contributed by atoms with Crippen LogP contribution in [0.4, 0.5) is 4.39 Å². The van der Waals surface area contributed by atoms with Crippen LogP contribution in [0.2, 0.25) is 0 Å². The summed E-state index contributed by atoms with van der Waals surface area (Å²) < 4.78 is 16.4. The Balaban J connectivity index is 2.13. The van der Waals surface area contributed by atoms with Gasteiger partial charge in [0.05, 0.1) is 28.2 Å². The van der Waals surface area contributed by atoms with Gasteiger partial charge in [0.1, 0.15) is 5.82 Å². The van der Waals surface area contributed by atoms with Crippen molar-refractivity contribution in [2.45, 2.75) is 31.4 Å². The zero-order chi connectivity index (χ0) is 18.2. The maximum absolute atomic E-state index is 14.8. The predicted octanol–water partition coefficient (Wildman–Crippen LogP) is 3.73. The van der Waals surface area contributed by atoms with Crippen LogP contribution in [-0.4, -0.2) is 31.3 Å². The van der Waals surface area contributed by atoms with Gasteiger partial charge in [0.15, 0.2) is 0 Å². The van der Waals surface area contributed by atoms with Crippen molar-refractivity contribution in [3.63, 3.8) is 0 Å². The van der Waals surface area contributed by atoms with Gasteiger partial charge in [-0.2, -0.15) is 0 Å². The third kappa shape index (κ3) is 3.43. The van der Waals surface area contributed by atoms with Gasteiger partial charge in [-0.1, -0.05) is 5.21 Å². The fourth-order valence-electron chi connectivity index (χ4n) is 2.66. The molecule has 130 valence electrons. The first-order chi connectivity index (χ1) is 11.8. The van der Waals surface area contributed by atoms with Crippen LogP contribution >= 0.6 is 11.8 Å². The van der Waals surface area contributed by atoms with Crippen molar-refractivity contribution in [1.82, 2.24) is 20.0 Å². The van der Waals surface area contributed by atoms with E-state index in [4.69, 9.17) is 0 Å². The summed E-state index contributed by atoms with van der Waals surface area (Å²) in [6.45, 7) is 5.21. The van der Waals surface area contributed by atoms with Crippen molar-refractivity contribution in [1.29, 1.82) is 0 Å². The number of thioether (sulfide) groups is 1. The minimum atomic E-state index is -1.11. The molecule has 0 bridgehead atoms. The van der Waals surface area contributed by atoms with E-state index >= 15 is 0 Å². The summed E-state index contributed by atoms with van der Waals surface area (Å²) in [7, 11) is 0. The number of nitrogens with zero attached hydrogens (tertiary/aromatic N) is 4. The number of hydrogen-bond donors (Lipinski definition) is 1. The molecule has 1 N–H and O–H groups in total. The van der Waals surface area contributed by atoms with E-state index < -0.39 is 11.4 Å². The summed E-state index contributed by atoms with van der Waals surface area (Å²) in [6.07, 6.45) is 5.13. The van der Waals surface area contributed by atoms with Gasteiger partial charge in [-0.05, 0) is 50.8 Å². The largest absolute Gasteiger partial charge is 0.386 e. The molecule has 1 aromatic carbocycles. The molecule has 3 aromatic rings. The summed E-state index contributed by atoms with van der Waals surface area (Å²) in [4.78, 5) is 4.33. The molecule has 25 heavy (non-hydrogen) atoms. The van der Waals surface area contributed by atoms with Crippen molar-refractivity contribution in [3.05, 3.63) is 53.7 Å². The van der Waals surface area contributed by atoms with E-state index in [9.17, 15) is 9.50 Å². The number of benzene rings is 1. The van der Waals surface area contributed by atoms with Crippen LogP contribution in [0.3, 0.4) is 0 Å². The highest BCUT2D eigenvalue weighted by Crippen LogP contribution is 2.35. The van der Waals surface area contributed by atoms with Gasteiger partial charge in [0.2, 0.25) is 0 Å². The standard InChI is InChI=1S/C18H19FN4OS/c1-11-9-21-22-23(11)12-5-6-13(16(19)7-12)14-10-20-17(25-4)8-15(14)18(2,3)24/h5-10,24H,1-4H3. The summed E-state index contributed by atoms with van der Waals surface area (Å²) in [5.41, 5.74) is 1.89. The number of aromatic nitrogens is 4. The Hall–Kier alpha value is -2.25. The van der Waals surface area contributed by atoms with Crippen molar-refractivity contribution >= 4 is 11.8 Å². The Kier molecular flexibility index (Phi) is 4.62. The monoisotopic (exact) mass is 358 g/mol. The average Bonchev–Trinajstić information content (AvgIpc) is 2.99. The lowest BCUT2D eigenvalue weighted by Gasteiger charge is -2.22. The topological polar surface area (TPSA) is 63.8 Å². The van der Waals surface area contributed by atoms with E-state index in [1.54, 1.807) is 49.1 Å². The Morgan fingerprint density at radius 1 is 1.16 bits per heavy atom. The molecule has 0 atom stereocenters. The van der Waals surface area contributed by atoms with E-state index in [1.165, 1.54) is 17.8 Å². The first kappa shape index (κ1) is 17.6. The lowest BCUT2D eigenvalue weighted by molar-refractivity contribution is 0.0788. The highest BCUT2D eigenvalue weighted by Gasteiger charge is 2.23. The molecule has 5 nitrogen and oxygen atoms in total. The SMILES string of the molecule is CSc1cc(C(C)(C)O)c(-c2ccc(-n3nncc3C)cc2F)cn1.